The largest absolute Gasteiger partial charge is 0.393 e. The number of hydrogen-bond donors (Lipinski definition) is 1. The highest BCUT2D eigenvalue weighted by molar-refractivity contribution is 7.10. The Balaban J connectivity index is 2.17. The molecule has 0 bridgehead atoms. The smallest absolute Gasteiger partial charge is 0.0579 e. The molecule has 1 fully saturated rings. The van der Waals surface area contributed by atoms with Crippen LogP contribution < -0.4 is 0 Å². The Labute approximate surface area is 103 Å². The van der Waals surface area contributed by atoms with Gasteiger partial charge in [-0.25, -0.2) is 0 Å². The zero-order chi connectivity index (χ0) is 11.8. The molecule has 2 heteroatoms. The van der Waals surface area contributed by atoms with Gasteiger partial charge in [-0.2, -0.15) is 0 Å². The summed E-state index contributed by atoms with van der Waals surface area (Å²) in [7, 11) is 0. The first-order chi connectivity index (χ1) is 7.51. The molecule has 3 unspecified atom stereocenters. The lowest BCUT2D eigenvalue weighted by molar-refractivity contribution is 0.0152. The van der Waals surface area contributed by atoms with Crippen LogP contribution in [0.3, 0.4) is 0 Å². The molecule has 1 aromatic heterocycles. The van der Waals surface area contributed by atoms with E-state index in [0.717, 1.165) is 12.8 Å². The fourth-order valence-corrected chi connectivity index (χ4v) is 3.94. The predicted octanol–water partition coefficient (Wildman–Crippen LogP) is 3.82. The number of aliphatic hydroxyl groups excluding tert-OH is 1. The van der Waals surface area contributed by atoms with Crippen molar-refractivity contribution in [3.05, 3.63) is 22.4 Å². The van der Waals surface area contributed by atoms with E-state index in [2.05, 4.69) is 38.3 Å². The van der Waals surface area contributed by atoms with Crippen LogP contribution in [0, 0.1) is 11.8 Å². The third-order valence-corrected chi connectivity index (χ3v) is 5.37. The van der Waals surface area contributed by atoms with Crippen molar-refractivity contribution in [3.8, 4) is 0 Å². The summed E-state index contributed by atoms with van der Waals surface area (Å²) in [4.78, 5) is 1.41. The molecule has 0 amide bonds. The summed E-state index contributed by atoms with van der Waals surface area (Å²) in [6.07, 6.45) is 3.27. The summed E-state index contributed by atoms with van der Waals surface area (Å²) in [6.45, 7) is 6.81. The first kappa shape index (κ1) is 12.1. The summed E-state index contributed by atoms with van der Waals surface area (Å²) >= 11 is 1.82. The second kappa shape index (κ2) is 4.50. The first-order valence-electron chi connectivity index (χ1n) is 6.24. The lowest BCUT2D eigenvalue weighted by Gasteiger charge is -2.41. The van der Waals surface area contributed by atoms with Crippen LogP contribution in [-0.2, 0) is 5.41 Å². The minimum absolute atomic E-state index is 0.119. The van der Waals surface area contributed by atoms with E-state index in [-0.39, 0.29) is 11.5 Å². The molecule has 0 spiro atoms. The van der Waals surface area contributed by atoms with E-state index in [0.29, 0.717) is 11.8 Å². The molecule has 1 aliphatic carbocycles. The Kier molecular flexibility index (Phi) is 3.41. The third-order valence-electron chi connectivity index (χ3n) is 4.16. The minimum Gasteiger partial charge on any atom is -0.393 e. The summed E-state index contributed by atoms with van der Waals surface area (Å²) in [5.41, 5.74) is 0.119. The maximum atomic E-state index is 10.3. The molecule has 0 aromatic carbocycles. The summed E-state index contributed by atoms with van der Waals surface area (Å²) < 4.78 is 0. The highest BCUT2D eigenvalue weighted by atomic mass is 32.1. The molecule has 3 atom stereocenters. The Hall–Kier alpha value is -0.340. The van der Waals surface area contributed by atoms with E-state index in [1.165, 1.54) is 11.3 Å². The van der Waals surface area contributed by atoms with E-state index >= 15 is 0 Å². The number of rotatable bonds is 2. The van der Waals surface area contributed by atoms with E-state index in [9.17, 15) is 5.11 Å². The second-order valence-corrected chi connectivity index (χ2v) is 6.74. The Morgan fingerprint density at radius 3 is 2.69 bits per heavy atom. The van der Waals surface area contributed by atoms with Crippen molar-refractivity contribution in [1.82, 2.24) is 0 Å². The van der Waals surface area contributed by atoms with Crippen LogP contribution in [0.15, 0.2) is 17.5 Å². The predicted molar refractivity (Wildman–Crippen MR) is 69.9 cm³/mol. The average molecular weight is 238 g/mol. The van der Waals surface area contributed by atoms with E-state index in [1.54, 1.807) is 0 Å². The molecule has 1 N–H and O–H groups in total. The van der Waals surface area contributed by atoms with Gasteiger partial charge in [0.05, 0.1) is 6.10 Å². The maximum absolute atomic E-state index is 10.3. The summed E-state index contributed by atoms with van der Waals surface area (Å²) in [5, 5.41) is 12.4. The first-order valence-corrected chi connectivity index (χ1v) is 7.12. The van der Waals surface area contributed by atoms with Crippen LogP contribution in [0.4, 0.5) is 0 Å². The molecule has 1 heterocycles. The van der Waals surface area contributed by atoms with Gasteiger partial charge in [0.25, 0.3) is 0 Å². The molecule has 1 aliphatic rings. The van der Waals surface area contributed by atoms with Gasteiger partial charge in [0.2, 0.25) is 0 Å². The molecule has 1 nitrogen and oxygen atoms in total. The van der Waals surface area contributed by atoms with Crippen molar-refractivity contribution in [2.45, 2.75) is 51.6 Å². The molecular formula is C14H22OS. The van der Waals surface area contributed by atoms with Gasteiger partial charge in [-0.05, 0) is 36.1 Å². The van der Waals surface area contributed by atoms with Crippen LogP contribution in [0.1, 0.15) is 44.9 Å². The van der Waals surface area contributed by atoms with Crippen molar-refractivity contribution in [2.24, 2.45) is 11.8 Å². The topological polar surface area (TPSA) is 20.2 Å². The van der Waals surface area contributed by atoms with Crippen molar-refractivity contribution in [2.75, 3.05) is 0 Å². The van der Waals surface area contributed by atoms with Gasteiger partial charge in [0.15, 0.2) is 0 Å². The van der Waals surface area contributed by atoms with E-state index in [1.807, 2.05) is 11.3 Å². The molecule has 2 rings (SSSR count). The quantitative estimate of drug-likeness (QED) is 0.830. The molecule has 90 valence electrons. The molecule has 1 saturated carbocycles. The highest BCUT2D eigenvalue weighted by Gasteiger charge is 2.39. The van der Waals surface area contributed by atoms with Crippen molar-refractivity contribution < 1.29 is 5.11 Å². The van der Waals surface area contributed by atoms with Gasteiger partial charge in [0.1, 0.15) is 0 Å². The summed E-state index contributed by atoms with van der Waals surface area (Å²) in [5.74, 6) is 1.10. The van der Waals surface area contributed by atoms with E-state index in [4.69, 9.17) is 0 Å². The molecule has 1 aromatic rings. The van der Waals surface area contributed by atoms with Crippen molar-refractivity contribution >= 4 is 11.3 Å². The zero-order valence-corrected chi connectivity index (χ0v) is 11.3. The fourth-order valence-electron chi connectivity index (χ4n) is 3.02. The molecule has 0 saturated heterocycles. The Morgan fingerprint density at radius 1 is 1.38 bits per heavy atom. The molecular weight excluding hydrogens is 216 g/mol. The van der Waals surface area contributed by atoms with Gasteiger partial charge in [-0.15, -0.1) is 11.3 Å². The van der Waals surface area contributed by atoms with Gasteiger partial charge in [0, 0.05) is 10.3 Å². The van der Waals surface area contributed by atoms with Crippen molar-refractivity contribution in [3.63, 3.8) is 0 Å². The standard InChI is InChI=1S/C14H22OS/c1-10-6-7-11(12(15)9-10)14(2,3)13-5-4-8-16-13/h4-5,8,10-12,15H,6-7,9H2,1-3H3. The van der Waals surface area contributed by atoms with Crippen LogP contribution in [0.2, 0.25) is 0 Å². The Bertz CT molecular complexity index is 329. The highest BCUT2D eigenvalue weighted by Crippen LogP contribution is 2.43. The molecule has 16 heavy (non-hydrogen) atoms. The lowest BCUT2D eigenvalue weighted by atomic mass is 9.67. The Morgan fingerprint density at radius 2 is 2.12 bits per heavy atom. The minimum atomic E-state index is -0.124. The number of hydrogen-bond acceptors (Lipinski definition) is 2. The van der Waals surface area contributed by atoms with Crippen LogP contribution in [0.25, 0.3) is 0 Å². The SMILES string of the molecule is CC1CCC(C(C)(C)c2cccs2)C(O)C1. The zero-order valence-electron chi connectivity index (χ0n) is 10.4. The monoisotopic (exact) mass is 238 g/mol. The second-order valence-electron chi connectivity index (χ2n) is 5.79. The number of aliphatic hydroxyl groups is 1. The van der Waals surface area contributed by atoms with Crippen LogP contribution >= 0.6 is 11.3 Å². The van der Waals surface area contributed by atoms with Gasteiger partial charge in [-0.3, -0.25) is 0 Å². The van der Waals surface area contributed by atoms with Crippen LogP contribution in [0.5, 0.6) is 0 Å². The lowest BCUT2D eigenvalue weighted by Crippen LogP contribution is -2.40. The summed E-state index contributed by atoms with van der Waals surface area (Å²) in [6, 6.07) is 4.31. The molecule has 0 aliphatic heterocycles. The van der Waals surface area contributed by atoms with Gasteiger partial charge in [-0.1, -0.05) is 33.3 Å². The van der Waals surface area contributed by atoms with Gasteiger partial charge >= 0.3 is 0 Å². The normalized spacial score (nSPS) is 31.6. The fraction of sp³-hybridized carbons (Fsp3) is 0.714. The van der Waals surface area contributed by atoms with Crippen LogP contribution in [-0.4, -0.2) is 11.2 Å². The average Bonchev–Trinajstić information content (AvgIpc) is 2.69. The van der Waals surface area contributed by atoms with E-state index < -0.39 is 0 Å². The van der Waals surface area contributed by atoms with Crippen molar-refractivity contribution in [1.29, 1.82) is 0 Å². The maximum Gasteiger partial charge on any atom is 0.0579 e. The van der Waals surface area contributed by atoms with Gasteiger partial charge < -0.3 is 5.11 Å². The molecule has 0 radical (unpaired) electrons. The number of thiophene rings is 1. The third kappa shape index (κ3) is 2.18.